The topological polar surface area (TPSA) is 224 Å². The van der Waals surface area contributed by atoms with Crippen LogP contribution in [0.4, 0.5) is 0 Å². The summed E-state index contributed by atoms with van der Waals surface area (Å²) in [6.45, 7) is 0. The van der Waals surface area contributed by atoms with Gasteiger partial charge < -0.3 is 30.6 Å². The zero-order valence-corrected chi connectivity index (χ0v) is 11.4. The third-order valence-electron chi connectivity index (χ3n) is 1.22. The van der Waals surface area contributed by atoms with Crippen LogP contribution in [0.1, 0.15) is 19.3 Å². The van der Waals surface area contributed by atoms with Crippen LogP contribution in [0.5, 0.6) is 0 Å². The second kappa shape index (κ2) is 15.0. The van der Waals surface area contributed by atoms with Crippen LogP contribution in [0, 0.1) is 0 Å². The second-order valence-electron chi connectivity index (χ2n) is 3.26. The Labute approximate surface area is 127 Å². The molecular formula is C11H14O12. The van der Waals surface area contributed by atoms with Gasteiger partial charge in [-0.25, -0.2) is 9.59 Å². The van der Waals surface area contributed by atoms with Gasteiger partial charge in [0.1, 0.15) is 6.42 Å². The van der Waals surface area contributed by atoms with E-state index in [4.69, 9.17) is 30.6 Å². The van der Waals surface area contributed by atoms with Crippen LogP contribution in [-0.4, -0.2) is 66.5 Å². The smallest absolute Gasteiger partial charge is 0.328 e. The summed E-state index contributed by atoms with van der Waals surface area (Å²) in [5.41, 5.74) is 0. The van der Waals surface area contributed by atoms with Crippen molar-refractivity contribution in [1.29, 1.82) is 0 Å². The Morgan fingerprint density at radius 2 is 0.783 bits per heavy atom. The monoisotopic (exact) mass is 338 g/mol. The van der Waals surface area contributed by atoms with Crippen LogP contribution in [0.25, 0.3) is 0 Å². The van der Waals surface area contributed by atoms with Gasteiger partial charge in [-0.15, -0.1) is 0 Å². The van der Waals surface area contributed by atoms with E-state index in [0.29, 0.717) is 12.2 Å². The zero-order chi connectivity index (χ0) is 19.0. The summed E-state index contributed by atoms with van der Waals surface area (Å²) in [5.74, 6) is -7.29. The Kier molecular flexibility index (Phi) is 16.0. The molecule has 0 bridgehead atoms. The highest BCUT2D eigenvalue weighted by molar-refractivity contribution is 5.89. The molecule has 0 saturated heterocycles. The molecular weight excluding hydrogens is 324 g/mol. The van der Waals surface area contributed by atoms with Crippen molar-refractivity contribution in [3.8, 4) is 0 Å². The average molecular weight is 338 g/mol. The fraction of sp³-hybridized carbons (Fsp3) is 0.273. The Hall–Kier alpha value is -3.44. The fourth-order valence-electron chi connectivity index (χ4n) is 0.486. The number of carbonyl (C=O) groups is 6. The molecule has 0 aromatic rings. The third-order valence-corrected chi connectivity index (χ3v) is 1.22. The van der Waals surface area contributed by atoms with Gasteiger partial charge >= 0.3 is 35.8 Å². The predicted octanol–water partition coefficient (Wildman–Crippen LogP) is -0.807. The molecule has 0 unspecified atom stereocenters. The van der Waals surface area contributed by atoms with Gasteiger partial charge in [-0.3, -0.25) is 19.2 Å². The van der Waals surface area contributed by atoms with Crippen LogP contribution in [0.3, 0.4) is 0 Å². The van der Waals surface area contributed by atoms with Gasteiger partial charge in [0.2, 0.25) is 0 Å². The van der Waals surface area contributed by atoms with E-state index < -0.39 is 42.2 Å². The normalized spacial score (nSPS) is 8.70. The lowest BCUT2D eigenvalue weighted by atomic mass is 10.3. The van der Waals surface area contributed by atoms with Crippen LogP contribution < -0.4 is 0 Å². The summed E-state index contributed by atoms with van der Waals surface area (Å²) >= 11 is 0. The quantitative estimate of drug-likeness (QED) is 0.247. The molecule has 0 rings (SSSR count). The van der Waals surface area contributed by atoms with Crippen molar-refractivity contribution >= 4 is 35.8 Å². The summed E-state index contributed by atoms with van der Waals surface area (Å²) in [5, 5.41) is 46.8. The van der Waals surface area contributed by atoms with E-state index in [1.807, 2.05) is 0 Å². The summed E-state index contributed by atoms with van der Waals surface area (Å²) in [7, 11) is 0. The fourth-order valence-corrected chi connectivity index (χ4v) is 0.486. The van der Waals surface area contributed by atoms with E-state index in [1.165, 1.54) is 0 Å². The SMILES string of the molecule is O=C(O)/C=C/C(=O)O.O=C(O)CC(=O)O.O=C(O)CCC(=O)O. The Morgan fingerprint density at radius 1 is 0.522 bits per heavy atom. The van der Waals surface area contributed by atoms with Gasteiger partial charge in [-0.2, -0.15) is 0 Å². The molecule has 0 spiro atoms. The average Bonchev–Trinajstić information content (AvgIpc) is 2.33. The maximum atomic E-state index is 9.64. The van der Waals surface area contributed by atoms with Crippen molar-refractivity contribution in [2.45, 2.75) is 19.3 Å². The van der Waals surface area contributed by atoms with Crippen molar-refractivity contribution < 1.29 is 59.4 Å². The van der Waals surface area contributed by atoms with Gasteiger partial charge in [-0.05, 0) is 0 Å². The molecule has 0 amide bonds. The van der Waals surface area contributed by atoms with E-state index in [9.17, 15) is 28.8 Å². The maximum Gasteiger partial charge on any atom is 0.328 e. The van der Waals surface area contributed by atoms with Crippen molar-refractivity contribution in [3.05, 3.63) is 12.2 Å². The Balaban J connectivity index is -0.000000262. The van der Waals surface area contributed by atoms with Crippen LogP contribution >= 0.6 is 0 Å². The maximum absolute atomic E-state index is 9.64. The number of hydrogen-bond donors (Lipinski definition) is 6. The van der Waals surface area contributed by atoms with Crippen LogP contribution in [0.15, 0.2) is 12.2 Å². The molecule has 0 radical (unpaired) electrons. The molecule has 130 valence electrons. The standard InChI is InChI=1S/C4H6O4.C4H4O4.C3H4O4/c2*5-3(6)1-2-4(7)8;4-2(5)1-3(6)7/h1-2H2,(H,5,6)(H,7,8);1-2H,(H,5,6)(H,7,8);1H2,(H,4,5)(H,6,7)/b;2-1+;. The van der Waals surface area contributed by atoms with E-state index in [1.54, 1.807) is 0 Å². The van der Waals surface area contributed by atoms with Gasteiger partial charge in [0.05, 0.1) is 12.8 Å². The number of aliphatic carboxylic acids is 6. The molecule has 0 atom stereocenters. The van der Waals surface area contributed by atoms with Gasteiger partial charge in [0.25, 0.3) is 0 Å². The van der Waals surface area contributed by atoms with Crippen molar-refractivity contribution in [2.75, 3.05) is 0 Å². The summed E-state index contributed by atoms with van der Waals surface area (Å²) < 4.78 is 0. The minimum atomic E-state index is -1.31. The molecule has 0 aliphatic carbocycles. The zero-order valence-electron chi connectivity index (χ0n) is 11.4. The van der Waals surface area contributed by atoms with Gasteiger partial charge in [-0.1, -0.05) is 0 Å². The molecule has 23 heavy (non-hydrogen) atoms. The molecule has 0 aromatic heterocycles. The lowest BCUT2D eigenvalue weighted by molar-refractivity contribution is -0.147. The molecule has 6 N–H and O–H groups in total. The van der Waals surface area contributed by atoms with Gasteiger partial charge in [0.15, 0.2) is 0 Å². The molecule has 12 nitrogen and oxygen atoms in total. The Morgan fingerprint density at radius 3 is 0.870 bits per heavy atom. The first kappa shape index (κ1) is 24.6. The minimum Gasteiger partial charge on any atom is -0.481 e. The van der Waals surface area contributed by atoms with E-state index in [-0.39, 0.29) is 12.8 Å². The lowest BCUT2D eigenvalue weighted by Crippen LogP contribution is -2.03. The molecule has 0 aromatic carbocycles. The van der Waals surface area contributed by atoms with E-state index in [0.717, 1.165) is 0 Å². The first-order valence-corrected chi connectivity index (χ1v) is 5.39. The minimum absolute atomic E-state index is 0.296. The van der Waals surface area contributed by atoms with Crippen molar-refractivity contribution in [2.24, 2.45) is 0 Å². The number of carboxylic acids is 6. The second-order valence-corrected chi connectivity index (χ2v) is 3.26. The Bertz CT molecular complexity index is 433. The molecule has 0 heterocycles. The summed E-state index contributed by atoms with van der Waals surface area (Å²) in [6, 6.07) is 0. The van der Waals surface area contributed by atoms with Crippen molar-refractivity contribution in [3.63, 3.8) is 0 Å². The summed E-state index contributed by atoms with van der Waals surface area (Å²) in [6.07, 6.45) is -0.282. The highest BCUT2D eigenvalue weighted by atomic mass is 16.4. The highest BCUT2D eigenvalue weighted by Gasteiger charge is 2.01. The molecule has 0 aliphatic heterocycles. The molecule has 0 saturated carbocycles. The highest BCUT2D eigenvalue weighted by Crippen LogP contribution is 1.86. The predicted molar refractivity (Wildman–Crippen MR) is 68.8 cm³/mol. The van der Waals surface area contributed by atoms with E-state index >= 15 is 0 Å². The number of hydrogen-bond acceptors (Lipinski definition) is 6. The first-order chi connectivity index (χ1) is 10.4. The lowest BCUT2D eigenvalue weighted by Gasteiger charge is -1.85. The van der Waals surface area contributed by atoms with Crippen LogP contribution in [0.2, 0.25) is 0 Å². The van der Waals surface area contributed by atoms with Gasteiger partial charge in [0, 0.05) is 12.2 Å². The van der Waals surface area contributed by atoms with Crippen molar-refractivity contribution in [1.82, 2.24) is 0 Å². The van der Waals surface area contributed by atoms with Crippen LogP contribution in [-0.2, 0) is 28.8 Å². The molecule has 12 heteroatoms. The number of rotatable bonds is 7. The number of carboxylic acid groups (broad SMARTS) is 6. The molecule has 0 aliphatic rings. The molecule has 0 fully saturated rings. The largest absolute Gasteiger partial charge is 0.481 e. The summed E-state index contributed by atoms with van der Waals surface area (Å²) in [4.78, 5) is 57.2. The van der Waals surface area contributed by atoms with E-state index in [2.05, 4.69) is 0 Å². The third kappa shape index (κ3) is 45.6. The first-order valence-electron chi connectivity index (χ1n) is 5.39.